The van der Waals surface area contributed by atoms with Crippen LogP contribution in [0.5, 0.6) is 0 Å². The summed E-state index contributed by atoms with van der Waals surface area (Å²) in [6.45, 7) is 11.3. The molecule has 0 saturated carbocycles. The van der Waals surface area contributed by atoms with Gasteiger partial charge in [-0.05, 0) is 52.1 Å². The smallest absolute Gasteiger partial charge is 0.176 e. The number of hydrogen-bond donors (Lipinski definition) is 0. The Labute approximate surface area is 191 Å². The van der Waals surface area contributed by atoms with Crippen molar-refractivity contribution in [3.63, 3.8) is 0 Å². The average Bonchev–Trinajstić information content (AvgIpc) is 2.90. The van der Waals surface area contributed by atoms with Crippen LogP contribution in [0.4, 0.5) is 0 Å². The fourth-order valence-electron chi connectivity index (χ4n) is 2.22. The maximum absolute atomic E-state index is 5.19. The van der Waals surface area contributed by atoms with E-state index in [4.69, 9.17) is 75.0 Å². The number of rotatable bonds is 4. The van der Waals surface area contributed by atoms with Gasteiger partial charge in [0.2, 0.25) is 0 Å². The molecule has 2 aromatic heterocycles. The predicted octanol–water partition coefficient (Wildman–Crippen LogP) is 3.74. The summed E-state index contributed by atoms with van der Waals surface area (Å²) >= 11 is 30.9. The molecule has 0 aliphatic heterocycles. The summed E-state index contributed by atoms with van der Waals surface area (Å²) in [7, 11) is 0. The number of hydrogen-bond acceptors (Lipinski definition) is 6. The van der Waals surface area contributed by atoms with Gasteiger partial charge in [-0.3, -0.25) is 0 Å². The van der Waals surface area contributed by atoms with Crippen LogP contribution >= 0.6 is 24.4 Å². The quantitative estimate of drug-likeness (QED) is 0.363. The Morgan fingerprint density at radius 3 is 0.800 bits per heavy atom. The third-order valence-corrected chi connectivity index (χ3v) is 6.33. The Morgan fingerprint density at radius 1 is 0.560 bits per heavy atom. The first kappa shape index (κ1) is 25.2. The fourth-order valence-corrected chi connectivity index (χ4v) is 4.63. The van der Waals surface area contributed by atoms with Gasteiger partial charge in [-0.25, -0.2) is 0 Å². The SMILES string of the molecule is CCn1c([S-])c([S-])n(CC)c1=S.CCn1c([S-])c([S-])n(CC)c1=S.[Ni]. The molecular weight excluding hydrogens is 475 g/mol. The largest absolute Gasteiger partial charge is 0.762 e. The molecule has 2 heterocycles. The van der Waals surface area contributed by atoms with E-state index in [1.165, 1.54) is 0 Å². The van der Waals surface area contributed by atoms with E-state index in [0.717, 1.165) is 35.7 Å². The summed E-state index contributed by atoms with van der Waals surface area (Å²) < 4.78 is 9.03. The van der Waals surface area contributed by atoms with E-state index in [-0.39, 0.29) is 16.5 Å². The molecule has 146 valence electrons. The van der Waals surface area contributed by atoms with Crippen LogP contribution in [0.1, 0.15) is 27.7 Å². The van der Waals surface area contributed by atoms with Crippen molar-refractivity contribution in [3.05, 3.63) is 9.54 Å². The van der Waals surface area contributed by atoms with Crippen LogP contribution in [-0.4, -0.2) is 18.3 Å². The van der Waals surface area contributed by atoms with E-state index in [1.54, 1.807) is 0 Å². The summed E-state index contributed by atoms with van der Waals surface area (Å²) in [5.74, 6) is 0. The zero-order chi connectivity index (χ0) is 18.6. The van der Waals surface area contributed by atoms with Gasteiger partial charge in [0.15, 0.2) is 9.54 Å². The Kier molecular flexibility index (Phi) is 11.3. The molecule has 0 atom stereocenters. The van der Waals surface area contributed by atoms with E-state index >= 15 is 0 Å². The molecule has 11 heteroatoms. The van der Waals surface area contributed by atoms with Gasteiger partial charge in [0.1, 0.15) is 0 Å². The summed E-state index contributed by atoms with van der Waals surface area (Å²) in [5, 5.41) is 2.78. The number of nitrogens with zero attached hydrogens (tertiary/aromatic N) is 4. The predicted molar refractivity (Wildman–Crippen MR) is 112 cm³/mol. The molecule has 2 aromatic rings. The van der Waals surface area contributed by atoms with Crippen molar-refractivity contribution in [2.75, 3.05) is 0 Å². The molecule has 0 spiro atoms. The van der Waals surface area contributed by atoms with E-state index in [0.29, 0.717) is 20.1 Å². The molecule has 0 N–H and O–H groups in total. The third-order valence-electron chi connectivity index (χ3n) is 3.54. The molecule has 0 fully saturated rings. The number of aromatic nitrogens is 4. The van der Waals surface area contributed by atoms with E-state index in [1.807, 2.05) is 46.0 Å². The van der Waals surface area contributed by atoms with Gasteiger partial charge in [0, 0.05) is 42.7 Å². The van der Waals surface area contributed by atoms with Gasteiger partial charge in [-0.1, -0.05) is 0 Å². The molecule has 25 heavy (non-hydrogen) atoms. The van der Waals surface area contributed by atoms with Crippen molar-refractivity contribution in [1.82, 2.24) is 18.3 Å². The first-order valence-electron chi connectivity index (χ1n) is 7.61. The topological polar surface area (TPSA) is 19.7 Å². The first-order chi connectivity index (χ1) is 11.3. The van der Waals surface area contributed by atoms with E-state index < -0.39 is 0 Å². The first-order valence-corrected chi connectivity index (χ1v) is 10.1. The van der Waals surface area contributed by atoms with Crippen molar-refractivity contribution >= 4 is 75.0 Å². The molecule has 0 aromatic carbocycles. The van der Waals surface area contributed by atoms with Crippen LogP contribution in [-0.2, 0) is 93.2 Å². The van der Waals surface area contributed by atoms with Gasteiger partial charge < -0.3 is 68.8 Å². The molecule has 4 nitrogen and oxygen atoms in total. The van der Waals surface area contributed by atoms with E-state index in [9.17, 15) is 0 Å². The van der Waals surface area contributed by atoms with Crippen LogP contribution in [0.2, 0.25) is 0 Å². The molecule has 2 rings (SSSR count). The van der Waals surface area contributed by atoms with Crippen molar-refractivity contribution in [1.29, 1.82) is 0 Å². The van der Waals surface area contributed by atoms with Gasteiger partial charge in [0.05, 0.1) is 0 Å². The second-order valence-corrected chi connectivity index (χ2v) is 7.04. The summed E-state index contributed by atoms with van der Waals surface area (Å²) in [6.07, 6.45) is 0. The monoisotopic (exact) mass is 494 g/mol. The van der Waals surface area contributed by atoms with Crippen LogP contribution < -0.4 is 0 Å². The van der Waals surface area contributed by atoms with Crippen molar-refractivity contribution in [3.8, 4) is 0 Å². The Bertz CT molecular complexity index is 688. The molecule has 0 aliphatic carbocycles. The summed E-state index contributed by atoms with van der Waals surface area (Å²) in [6, 6.07) is 0. The van der Waals surface area contributed by atoms with Crippen LogP contribution in [0.15, 0.2) is 20.1 Å². The Balaban J connectivity index is 0.000000443. The minimum atomic E-state index is 0. The van der Waals surface area contributed by atoms with Crippen LogP contribution in [0.25, 0.3) is 0 Å². The van der Waals surface area contributed by atoms with Crippen LogP contribution in [0.3, 0.4) is 0 Å². The van der Waals surface area contributed by atoms with Crippen LogP contribution in [0, 0.1) is 9.54 Å². The van der Waals surface area contributed by atoms with Crippen molar-refractivity contribution in [2.24, 2.45) is 0 Å². The van der Waals surface area contributed by atoms with Gasteiger partial charge in [0.25, 0.3) is 0 Å². The normalized spacial score (nSPS) is 10.1. The fraction of sp³-hybridized carbons (Fsp3) is 0.571. The molecular formula is C14H20N4NiS6-4. The molecule has 0 saturated heterocycles. The maximum atomic E-state index is 5.19. The standard InChI is InChI=1S/2C7H12N2S3.Ni/c2*1-3-8-5(10)6(11)9(4-2)7(8)12;/h2*10-11H,3-4H2,1-2H3;/p-4. The second-order valence-electron chi connectivity index (χ2n) is 4.76. The average molecular weight is 495 g/mol. The van der Waals surface area contributed by atoms with Gasteiger partial charge in [-0.15, -0.1) is 20.1 Å². The van der Waals surface area contributed by atoms with Crippen molar-refractivity contribution < 1.29 is 16.5 Å². The van der Waals surface area contributed by atoms with E-state index in [2.05, 4.69) is 0 Å². The molecule has 0 aliphatic rings. The van der Waals surface area contributed by atoms with Crippen molar-refractivity contribution in [2.45, 2.75) is 74.0 Å². The minimum absolute atomic E-state index is 0. The Hall–Kier alpha value is 0.234. The van der Waals surface area contributed by atoms with Gasteiger partial charge >= 0.3 is 0 Å². The summed E-state index contributed by atoms with van der Waals surface area (Å²) in [5.41, 5.74) is 0. The second kappa shape index (κ2) is 11.2. The molecule has 0 amide bonds. The van der Waals surface area contributed by atoms with Gasteiger partial charge in [-0.2, -0.15) is 0 Å². The zero-order valence-electron chi connectivity index (χ0n) is 14.4. The zero-order valence-corrected chi connectivity index (χ0v) is 20.3. The minimum Gasteiger partial charge on any atom is -0.762 e. The maximum Gasteiger partial charge on any atom is 0.176 e. The Morgan fingerprint density at radius 2 is 0.720 bits per heavy atom. The number of imidazole rings is 2. The molecule has 0 unspecified atom stereocenters. The molecule has 0 radical (unpaired) electrons. The molecule has 0 bridgehead atoms. The summed E-state index contributed by atoms with van der Waals surface area (Å²) in [4.78, 5) is 0. The third kappa shape index (κ3) is 5.15.